The molecule has 102 valence electrons. The predicted molar refractivity (Wildman–Crippen MR) is 64.5 cm³/mol. The summed E-state index contributed by atoms with van der Waals surface area (Å²) in [6.45, 7) is 2.42. The van der Waals surface area contributed by atoms with E-state index in [9.17, 15) is 13.2 Å². The van der Waals surface area contributed by atoms with Crippen molar-refractivity contribution in [2.75, 3.05) is 6.54 Å². The first-order chi connectivity index (χ1) is 8.30. The highest BCUT2D eigenvalue weighted by Crippen LogP contribution is 2.31. The minimum atomic E-state index is -4.36. The number of aliphatic hydroxyl groups excluding tert-OH is 1. The first-order valence-corrected chi connectivity index (χ1v) is 5.93. The van der Waals surface area contributed by atoms with Crippen LogP contribution in [0.5, 0.6) is 0 Å². The Labute approximate surface area is 109 Å². The number of nitrogens with one attached hydrogen (secondary N) is 1. The molecule has 6 heteroatoms. The number of halogens is 4. The SMILES string of the molecule is CC(O)CCNCc1cc(C(F)(F)F)ccc1Cl. The summed E-state index contributed by atoms with van der Waals surface area (Å²) in [5.74, 6) is 0. The van der Waals surface area contributed by atoms with Gasteiger partial charge in [0.05, 0.1) is 11.7 Å². The molecule has 0 fully saturated rings. The third kappa shape index (κ3) is 4.84. The van der Waals surface area contributed by atoms with Crippen LogP contribution in [-0.2, 0) is 12.7 Å². The van der Waals surface area contributed by atoms with Crippen LogP contribution in [0.1, 0.15) is 24.5 Å². The molecule has 1 atom stereocenters. The van der Waals surface area contributed by atoms with Gasteiger partial charge < -0.3 is 10.4 Å². The van der Waals surface area contributed by atoms with Gasteiger partial charge in [-0.05, 0) is 43.7 Å². The molecule has 18 heavy (non-hydrogen) atoms. The van der Waals surface area contributed by atoms with E-state index in [-0.39, 0.29) is 6.54 Å². The van der Waals surface area contributed by atoms with Crippen LogP contribution < -0.4 is 5.32 Å². The lowest BCUT2D eigenvalue weighted by Gasteiger charge is -2.11. The Morgan fingerprint density at radius 3 is 2.61 bits per heavy atom. The van der Waals surface area contributed by atoms with Gasteiger partial charge >= 0.3 is 6.18 Å². The van der Waals surface area contributed by atoms with Gasteiger partial charge in [-0.15, -0.1) is 0 Å². The monoisotopic (exact) mass is 281 g/mol. The molecule has 0 aliphatic carbocycles. The summed E-state index contributed by atoms with van der Waals surface area (Å²) >= 11 is 5.83. The molecule has 0 radical (unpaired) electrons. The molecule has 0 spiro atoms. The number of aliphatic hydroxyl groups is 1. The third-order valence-corrected chi connectivity index (χ3v) is 2.80. The fraction of sp³-hybridized carbons (Fsp3) is 0.500. The van der Waals surface area contributed by atoms with Crippen molar-refractivity contribution < 1.29 is 18.3 Å². The first-order valence-electron chi connectivity index (χ1n) is 5.55. The number of rotatable bonds is 5. The van der Waals surface area contributed by atoms with E-state index in [0.29, 0.717) is 23.6 Å². The van der Waals surface area contributed by atoms with Gasteiger partial charge in [-0.3, -0.25) is 0 Å². The molecule has 0 amide bonds. The van der Waals surface area contributed by atoms with Gasteiger partial charge in [-0.2, -0.15) is 13.2 Å². The van der Waals surface area contributed by atoms with Crippen molar-refractivity contribution in [3.63, 3.8) is 0 Å². The molecule has 0 heterocycles. The summed E-state index contributed by atoms with van der Waals surface area (Å²) in [5, 5.41) is 12.3. The van der Waals surface area contributed by atoms with Crippen LogP contribution in [0, 0.1) is 0 Å². The predicted octanol–water partition coefficient (Wildman–Crippen LogP) is 3.22. The molecule has 2 N–H and O–H groups in total. The second kappa shape index (κ2) is 6.41. The molecule has 0 aliphatic heterocycles. The van der Waals surface area contributed by atoms with E-state index >= 15 is 0 Å². The van der Waals surface area contributed by atoms with Gasteiger partial charge in [0.2, 0.25) is 0 Å². The summed E-state index contributed by atoms with van der Waals surface area (Å²) in [6, 6.07) is 3.25. The van der Waals surface area contributed by atoms with Crippen molar-refractivity contribution in [3.05, 3.63) is 34.3 Å². The van der Waals surface area contributed by atoms with E-state index in [1.165, 1.54) is 6.07 Å². The van der Waals surface area contributed by atoms with Gasteiger partial charge in [0.15, 0.2) is 0 Å². The Morgan fingerprint density at radius 2 is 2.06 bits per heavy atom. The Kier molecular flexibility index (Phi) is 5.44. The highest BCUT2D eigenvalue weighted by Gasteiger charge is 2.30. The van der Waals surface area contributed by atoms with Crippen LogP contribution in [0.4, 0.5) is 13.2 Å². The molecule has 1 rings (SSSR count). The minimum absolute atomic E-state index is 0.246. The average molecular weight is 282 g/mol. The van der Waals surface area contributed by atoms with Crippen LogP contribution in [0.3, 0.4) is 0 Å². The average Bonchev–Trinajstić information content (AvgIpc) is 2.24. The van der Waals surface area contributed by atoms with Gasteiger partial charge in [0, 0.05) is 11.6 Å². The molecule has 0 saturated carbocycles. The zero-order chi connectivity index (χ0) is 13.8. The van der Waals surface area contributed by atoms with Gasteiger partial charge in [0.1, 0.15) is 0 Å². The third-order valence-electron chi connectivity index (χ3n) is 2.43. The Balaban J connectivity index is 2.64. The van der Waals surface area contributed by atoms with E-state index in [1.54, 1.807) is 6.92 Å². The topological polar surface area (TPSA) is 32.3 Å². The van der Waals surface area contributed by atoms with Gasteiger partial charge in [-0.25, -0.2) is 0 Å². The van der Waals surface area contributed by atoms with E-state index in [2.05, 4.69) is 5.32 Å². The normalized spacial score (nSPS) is 13.7. The van der Waals surface area contributed by atoms with Gasteiger partial charge in [-0.1, -0.05) is 11.6 Å². The summed E-state index contributed by atoms with van der Waals surface area (Å²) in [6.07, 6.45) is -4.26. The number of hydrogen-bond acceptors (Lipinski definition) is 2. The number of benzene rings is 1. The fourth-order valence-electron chi connectivity index (χ4n) is 1.42. The van der Waals surface area contributed by atoms with E-state index in [4.69, 9.17) is 16.7 Å². The van der Waals surface area contributed by atoms with Crippen molar-refractivity contribution >= 4 is 11.6 Å². The van der Waals surface area contributed by atoms with E-state index in [1.807, 2.05) is 0 Å². The fourth-order valence-corrected chi connectivity index (χ4v) is 1.60. The summed E-state index contributed by atoms with van der Waals surface area (Å²) in [4.78, 5) is 0. The molecule has 2 nitrogen and oxygen atoms in total. The smallest absolute Gasteiger partial charge is 0.393 e. The Hall–Kier alpha value is -0.780. The molecule has 1 unspecified atom stereocenters. The Morgan fingerprint density at radius 1 is 1.39 bits per heavy atom. The largest absolute Gasteiger partial charge is 0.416 e. The van der Waals surface area contributed by atoms with Crippen molar-refractivity contribution in [3.8, 4) is 0 Å². The highest BCUT2D eigenvalue weighted by atomic mass is 35.5. The van der Waals surface area contributed by atoms with Crippen LogP contribution >= 0.6 is 11.6 Å². The summed E-state index contributed by atoms with van der Waals surface area (Å²) < 4.78 is 37.5. The molecular formula is C12H15ClF3NO. The molecule has 1 aromatic rings. The number of alkyl halides is 3. The second-order valence-corrected chi connectivity index (χ2v) is 4.53. The molecule has 0 saturated heterocycles. The zero-order valence-electron chi connectivity index (χ0n) is 9.89. The summed E-state index contributed by atoms with van der Waals surface area (Å²) in [5.41, 5.74) is -0.309. The standard InChI is InChI=1S/C12H15ClF3NO/c1-8(18)4-5-17-7-9-6-10(12(14,15)16)2-3-11(9)13/h2-3,6,8,17-18H,4-5,7H2,1H3. The van der Waals surface area contributed by atoms with Crippen molar-refractivity contribution in [1.29, 1.82) is 0 Å². The van der Waals surface area contributed by atoms with E-state index in [0.717, 1.165) is 12.1 Å². The molecule has 0 aromatic heterocycles. The molecule has 0 aliphatic rings. The van der Waals surface area contributed by atoms with Crippen molar-refractivity contribution in [2.24, 2.45) is 0 Å². The Bertz CT molecular complexity index is 393. The van der Waals surface area contributed by atoms with Crippen molar-refractivity contribution in [2.45, 2.75) is 32.2 Å². The first kappa shape index (κ1) is 15.3. The van der Waals surface area contributed by atoms with Crippen molar-refractivity contribution in [1.82, 2.24) is 5.32 Å². The van der Waals surface area contributed by atoms with E-state index < -0.39 is 17.8 Å². The molecule has 1 aromatic carbocycles. The molecule has 0 bridgehead atoms. The lowest BCUT2D eigenvalue weighted by atomic mass is 10.1. The van der Waals surface area contributed by atoms with Crippen LogP contribution in [0.2, 0.25) is 5.02 Å². The lowest BCUT2D eigenvalue weighted by Crippen LogP contribution is -2.19. The second-order valence-electron chi connectivity index (χ2n) is 4.12. The molecular weight excluding hydrogens is 267 g/mol. The minimum Gasteiger partial charge on any atom is -0.393 e. The van der Waals surface area contributed by atoms with Crippen LogP contribution in [0.25, 0.3) is 0 Å². The maximum Gasteiger partial charge on any atom is 0.416 e. The van der Waals surface area contributed by atoms with Crippen LogP contribution in [0.15, 0.2) is 18.2 Å². The van der Waals surface area contributed by atoms with Gasteiger partial charge in [0.25, 0.3) is 0 Å². The summed E-state index contributed by atoms with van der Waals surface area (Å²) in [7, 11) is 0. The lowest BCUT2D eigenvalue weighted by molar-refractivity contribution is -0.137. The zero-order valence-corrected chi connectivity index (χ0v) is 10.6. The quantitative estimate of drug-likeness (QED) is 0.812. The van der Waals surface area contributed by atoms with Crippen LogP contribution in [-0.4, -0.2) is 17.8 Å². The number of hydrogen-bond donors (Lipinski definition) is 2. The maximum atomic E-state index is 12.5. The highest BCUT2D eigenvalue weighted by molar-refractivity contribution is 6.31. The maximum absolute atomic E-state index is 12.5.